The van der Waals surface area contributed by atoms with Crippen LogP contribution in [-0.4, -0.2) is 58.1 Å². The summed E-state index contributed by atoms with van der Waals surface area (Å²) in [6.45, 7) is 12.5. The molecule has 1 aliphatic heterocycles. The Morgan fingerprint density at radius 2 is 2.24 bits per heavy atom. The van der Waals surface area contributed by atoms with Gasteiger partial charge >= 0.3 is 6.03 Å². The van der Waals surface area contributed by atoms with E-state index in [-0.39, 0.29) is 17.4 Å². The molecule has 1 aromatic rings. The zero-order chi connectivity index (χ0) is 18.8. The molecule has 0 aromatic carbocycles. The summed E-state index contributed by atoms with van der Waals surface area (Å²) in [4.78, 5) is 32.3. The Morgan fingerprint density at radius 3 is 2.80 bits per heavy atom. The Labute approximate surface area is 148 Å². The molecule has 3 amide bonds. The molecule has 2 heterocycles. The standard InChI is InChI=1S/C17H27N5O3/c1-7-9-22-10-8-12(14(22)23)21(6)16(24)18-11(2)13-19-15(20-25-13)17(3,4)5/h7,11-12H,1,8-10H2,2-6H3,(H,18,24)/t11-,12-/m1/s1. The first kappa shape index (κ1) is 19.0. The van der Waals surface area contributed by atoms with E-state index in [1.54, 1.807) is 24.9 Å². The van der Waals surface area contributed by atoms with Crippen molar-refractivity contribution >= 4 is 11.9 Å². The summed E-state index contributed by atoms with van der Waals surface area (Å²) in [6, 6.07) is -1.25. The fourth-order valence-corrected chi connectivity index (χ4v) is 2.62. The highest BCUT2D eigenvalue weighted by Gasteiger charge is 2.36. The first-order chi connectivity index (χ1) is 11.6. The Morgan fingerprint density at radius 1 is 1.56 bits per heavy atom. The number of nitrogens with zero attached hydrogens (tertiary/aromatic N) is 4. The lowest BCUT2D eigenvalue weighted by atomic mass is 9.96. The highest BCUT2D eigenvalue weighted by molar-refractivity contribution is 5.88. The number of rotatable bonds is 5. The van der Waals surface area contributed by atoms with E-state index in [1.165, 1.54) is 4.90 Å². The summed E-state index contributed by atoms with van der Waals surface area (Å²) in [6.07, 6.45) is 2.30. The summed E-state index contributed by atoms with van der Waals surface area (Å²) in [7, 11) is 1.62. The van der Waals surface area contributed by atoms with Gasteiger partial charge < -0.3 is 19.6 Å². The SMILES string of the molecule is C=CCN1CC[C@@H](N(C)C(=O)N[C@H](C)c2nc(C(C)(C)C)no2)C1=O. The van der Waals surface area contributed by atoms with E-state index < -0.39 is 12.1 Å². The zero-order valence-electron chi connectivity index (χ0n) is 15.6. The minimum Gasteiger partial charge on any atom is -0.337 e. The number of likely N-dealkylation sites (N-methyl/N-ethyl adjacent to an activating group) is 1. The Kier molecular flexibility index (Phi) is 5.49. The molecule has 1 saturated heterocycles. The third-order valence-corrected chi connectivity index (χ3v) is 4.23. The fraction of sp³-hybridized carbons (Fsp3) is 0.647. The van der Waals surface area contributed by atoms with Crippen LogP contribution in [0.1, 0.15) is 51.9 Å². The summed E-state index contributed by atoms with van der Waals surface area (Å²) in [5.74, 6) is 0.874. The van der Waals surface area contributed by atoms with Gasteiger partial charge in [0.2, 0.25) is 11.8 Å². The van der Waals surface area contributed by atoms with Crippen LogP contribution in [0.15, 0.2) is 17.2 Å². The second-order valence-electron chi connectivity index (χ2n) is 7.37. The van der Waals surface area contributed by atoms with Crippen molar-refractivity contribution < 1.29 is 14.1 Å². The van der Waals surface area contributed by atoms with Gasteiger partial charge in [-0.3, -0.25) is 4.79 Å². The molecule has 0 unspecified atom stereocenters. The van der Waals surface area contributed by atoms with Gasteiger partial charge in [-0.05, 0) is 13.3 Å². The van der Waals surface area contributed by atoms with Crippen LogP contribution in [0.25, 0.3) is 0 Å². The number of carbonyl (C=O) groups is 2. The average molecular weight is 349 g/mol. The van der Waals surface area contributed by atoms with Crippen LogP contribution in [0.2, 0.25) is 0 Å². The molecule has 0 spiro atoms. The number of carbonyl (C=O) groups excluding carboxylic acids is 2. The van der Waals surface area contributed by atoms with E-state index in [2.05, 4.69) is 22.0 Å². The van der Waals surface area contributed by atoms with Gasteiger partial charge in [-0.1, -0.05) is 32.0 Å². The number of hydrogen-bond acceptors (Lipinski definition) is 5. The molecule has 1 aliphatic rings. The average Bonchev–Trinajstić information content (AvgIpc) is 3.15. The number of aromatic nitrogens is 2. The predicted octanol–water partition coefficient (Wildman–Crippen LogP) is 1.86. The van der Waals surface area contributed by atoms with Crippen molar-refractivity contribution in [2.24, 2.45) is 0 Å². The summed E-state index contributed by atoms with van der Waals surface area (Å²) >= 11 is 0. The molecule has 0 aliphatic carbocycles. The van der Waals surface area contributed by atoms with Crippen LogP contribution < -0.4 is 5.32 Å². The van der Waals surface area contributed by atoms with Crippen molar-refractivity contribution in [3.63, 3.8) is 0 Å². The largest absolute Gasteiger partial charge is 0.337 e. The highest BCUT2D eigenvalue weighted by atomic mass is 16.5. The molecule has 25 heavy (non-hydrogen) atoms. The summed E-state index contributed by atoms with van der Waals surface area (Å²) in [5, 5.41) is 6.76. The van der Waals surface area contributed by atoms with Gasteiger partial charge in [0.25, 0.3) is 0 Å². The number of hydrogen-bond donors (Lipinski definition) is 1. The van der Waals surface area contributed by atoms with Gasteiger partial charge in [0.15, 0.2) is 5.82 Å². The maximum atomic E-state index is 12.5. The van der Waals surface area contributed by atoms with Gasteiger partial charge in [-0.25, -0.2) is 4.79 Å². The quantitative estimate of drug-likeness (QED) is 0.819. The van der Waals surface area contributed by atoms with Crippen LogP contribution in [0.5, 0.6) is 0 Å². The number of likely N-dealkylation sites (tertiary alicyclic amines) is 1. The first-order valence-electron chi connectivity index (χ1n) is 8.42. The maximum Gasteiger partial charge on any atom is 0.318 e. The van der Waals surface area contributed by atoms with Crippen LogP contribution in [0, 0.1) is 0 Å². The lowest BCUT2D eigenvalue weighted by molar-refractivity contribution is -0.130. The maximum absolute atomic E-state index is 12.5. The minimum atomic E-state index is -0.458. The van der Waals surface area contributed by atoms with Gasteiger partial charge in [0.1, 0.15) is 12.1 Å². The van der Waals surface area contributed by atoms with Gasteiger partial charge in [-0.15, -0.1) is 6.58 Å². The molecular weight excluding hydrogens is 322 g/mol. The molecule has 1 fully saturated rings. The van der Waals surface area contributed by atoms with Crippen LogP contribution >= 0.6 is 0 Å². The topological polar surface area (TPSA) is 91.6 Å². The molecule has 1 N–H and O–H groups in total. The molecular formula is C17H27N5O3. The number of amides is 3. The molecule has 8 heteroatoms. The van der Waals surface area contributed by atoms with Crippen molar-refractivity contribution in [1.29, 1.82) is 0 Å². The molecule has 8 nitrogen and oxygen atoms in total. The van der Waals surface area contributed by atoms with Crippen molar-refractivity contribution in [3.8, 4) is 0 Å². The molecule has 0 radical (unpaired) electrons. The van der Waals surface area contributed by atoms with Gasteiger partial charge in [-0.2, -0.15) is 4.98 Å². The summed E-state index contributed by atoms with van der Waals surface area (Å²) < 4.78 is 5.25. The van der Waals surface area contributed by atoms with E-state index in [9.17, 15) is 9.59 Å². The van der Waals surface area contributed by atoms with E-state index in [0.29, 0.717) is 31.2 Å². The normalized spacial score (nSPS) is 19.0. The predicted molar refractivity (Wildman–Crippen MR) is 92.9 cm³/mol. The van der Waals surface area contributed by atoms with E-state index >= 15 is 0 Å². The molecule has 0 bridgehead atoms. The van der Waals surface area contributed by atoms with E-state index in [4.69, 9.17) is 4.52 Å². The van der Waals surface area contributed by atoms with E-state index in [0.717, 1.165) is 0 Å². The van der Waals surface area contributed by atoms with E-state index in [1.807, 2.05) is 20.8 Å². The zero-order valence-corrected chi connectivity index (χ0v) is 15.6. The second-order valence-corrected chi connectivity index (χ2v) is 7.37. The number of nitrogens with one attached hydrogen (secondary N) is 1. The van der Waals surface area contributed by atoms with Crippen molar-refractivity contribution in [2.45, 2.75) is 51.6 Å². The summed E-state index contributed by atoms with van der Waals surface area (Å²) in [5.41, 5.74) is -0.229. The lowest BCUT2D eigenvalue weighted by Crippen LogP contribution is -2.47. The van der Waals surface area contributed by atoms with Crippen LogP contribution in [0.3, 0.4) is 0 Å². The van der Waals surface area contributed by atoms with Crippen LogP contribution in [0.4, 0.5) is 4.79 Å². The third kappa shape index (κ3) is 4.18. The Bertz CT molecular complexity index is 649. The third-order valence-electron chi connectivity index (χ3n) is 4.23. The second kappa shape index (κ2) is 7.25. The van der Waals surface area contributed by atoms with Gasteiger partial charge in [0, 0.05) is 25.6 Å². The van der Waals surface area contributed by atoms with Crippen molar-refractivity contribution in [2.75, 3.05) is 20.1 Å². The fourth-order valence-electron chi connectivity index (χ4n) is 2.62. The van der Waals surface area contributed by atoms with Crippen molar-refractivity contribution in [3.05, 3.63) is 24.4 Å². The smallest absolute Gasteiger partial charge is 0.318 e. The van der Waals surface area contributed by atoms with Gasteiger partial charge in [0.05, 0.1) is 0 Å². The first-order valence-corrected chi connectivity index (χ1v) is 8.42. The minimum absolute atomic E-state index is 0.0574. The molecule has 138 valence electrons. The number of urea groups is 1. The highest BCUT2D eigenvalue weighted by Crippen LogP contribution is 2.21. The monoisotopic (exact) mass is 349 g/mol. The molecule has 2 rings (SSSR count). The van der Waals surface area contributed by atoms with Crippen LogP contribution in [-0.2, 0) is 10.2 Å². The Balaban J connectivity index is 1.98. The Hall–Kier alpha value is -2.38. The molecule has 1 aromatic heterocycles. The lowest BCUT2D eigenvalue weighted by Gasteiger charge is -2.25. The van der Waals surface area contributed by atoms with Crippen molar-refractivity contribution in [1.82, 2.24) is 25.3 Å². The molecule has 2 atom stereocenters. The molecule has 0 saturated carbocycles.